The predicted molar refractivity (Wildman–Crippen MR) is 119 cm³/mol. The lowest BCUT2D eigenvalue weighted by molar-refractivity contribution is 0.104. The summed E-state index contributed by atoms with van der Waals surface area (Å²) in [5.74, 6) is 0.778. The monoisotopic (exact) mass is 502 g/mol. The summed E-state index contributed by atoms with van der Waals surface area (Å²) in [5, 5.41) is 0. The van der Waals surface area contributed by atoms with Crippen molar-refractivity contribution < 1.29 is 9.53 Å². The Morgan fingerprint density at radius 2 is 1.41 bits per heavy atom. The molecular weight excluding hydrogens is 488 g/mol. The molecule has 0 aromatic heterocycles. The molecule has 0 amide bonds. The average Bonchev–Trinajstić information content (AvgIpc) is 2.70. The van der Waals surface area contributed by atoms with Gasteiger partial charge in [0.05, 0.1) is 12.0 Å². The van der Waals surface area contributed by atoms with Gasteiger partial charge in [-0.05, 0) is 72.3 Å². The van der Waals surface area contributed by atoms with Gasteiger partial charge in [0, 0.05) is 19.4 Å². The average molecular weight is 504 g/mol. The molecule has 27 heavy (non-hydrogen) atoms. The normalized spacial score (nSPS) is 11.3. The number of rotatable bonds is 6. The maximum atomic E-state index is 13.1. The number of ether oxygens (including phenoxy) is 1. The van der Waals surface area contributed by atoms with Crippen LogP contribution in [0.5, 0.6) is 5.75 Å². The van der Waals surface area contributed by atoms with Crippen molar-refractivity contribution in [1.29, 1.82) is 0 Å². The van der Waals surface area contributed by atoms with Gasteiger partial charge in [-0.2, -0.15) is 0 Å². The number of methoxy groups -OCH3 is 1. The molecule has 0 spiro atoms. The summed E-state index contributed by atoms with van der Waals surface area (Å²) in [7, 11) is 1.64. The summed E-state index contributed by atoms with van der Waals surface area (Å²) in [6, 6.07) is 23.0. The summed E-state index contributed by atoms with van der Waals surface area (Å²) in [5.41, 5.74) is 1.60. The van der Waals surface area contributed by atoms with E-state index in [1.165, 1.54) is 11.8 Å². The second-order valence-corrected chi connectivity index (χ2v) is 8.62. The van der Waals surface area contributed by atoms with Crippen LogP contribution in [0.25, 0.3) is 6.08 Å². The molecule has 0 saturated heterocycles. The van der Waals surface area contributed by atoms with Gasteiger partial charge in [0.1, 0.15) is 5.75 Å². The van der Waals surface area contributed by atoms with Gasteiger partial charge in [-0.1, -0.05) is 55.8 Å². The van der Waals surface area contributed by atoms with Crippen LogP contribution >= 0.6 is 43.6 Å². The Morgan fingerprint density at radius 3 is 1.96 bits per heavy atom. The van der Waals surface area contributed by atoms with Crippen LogP contribution in [0.15, 0.2) is 91.5 Å². The number of carbonyl (C=O) groups excluding carboxylic acids is 1. The van der Waals surface area contributed by atoms with Crippen molar-refractivity contribution in [3.63, 3.8) is 0 Å². The Morgan fingerprint density at radius 1 is 0.852 bits per heavy atom. The first kappa shape index (κ1) is 19.9. The minimum Gasteiger partial charge on any atom is -0.497 e. The van der Waals surface area contributed by atoms with E-state index in [4.69, 9.17) is 4.74 Å². The molecule has 136 valence electrons. The minimum atomic E-state index is -0.00811. The van der Waals surface area contributed by atoms with Gasteiger partial charge in [-0.3, -0.25) is 4.79 Å². The summed E-state index contributed by atoms with van der Waals surface area (Å²) in [4.78, 5) is 14.8. The Balaban J connectivity index is 1.96. The van der Waals surface area contributed by atoms with E-state index in [0.29, 0.717) is 10.5 Å². The van der Waals surface area contributed by atoms with E-state index in [9.17, 15) is 4.79 Å². The first-order valence-electron chi connectivity index (χ1n) is 8.14. The van der Waals surface area contributed by atoms with Crippen molar-refractivity contribution in [3.8, 4) is 5.75 Å². The summed E-state index contributed by atoms with van der Waals surface area (Å²) < 4.78 is 7.16. The highest BCUT2D eigenvalue weighted by Crippen LogP contribution is 2.32. The van der Waals surface area contributed by atoms with Crippen LogP contribution in [-0.4, -0.2) is 12.9 Å². The zero-order valence-electron chi connectivity index (χ0n) is 14.5. The molecular formula is C22H16Br2O2S. The third-order valence-electron chi connectivity index (χ3n) is 3.79. The zero-order chi connectivity index (χ0) is 19.2. The Bertz CT molecular complexity index is 947. The molecule has 0 heterocycles. The van der Waals surface area contributed by atoms with Crippen LogP contribution in [0.2, 0.25) is 0 Å². The lowest BCUT2D eigenvalue weighted by Crippen LogP contribution is -2.01. The molecule has 3 aromatic rings. The summed E-state index contributed by atoms with van der Waals surface area (Å²) in [6.45, 7) is 0. The van der Waals surface area contributed by atoms with E-state index < -0.39 is 0 Å². The number of hydrogen-bond acceptors (Lipinski definition) is 3. The van der Waals surface area contributed by atoms with Crippen molar-refractivity contribution in [2.45, 2.75) is 4.90 Å². The van der Waals surface area contributed by atoms with Gasteiger partial charge >= 0.3 is 0 Å². The number of benzene rings is 3. The quantitative estimate of drug-likeness (QED) is 0.201. The molecule has 0 aliphatic rings. The molecule has 0 N–H and O–H groups in total. The lowest BCUT2D eigenvalue weighted by Gasteiger charge is -2.08. The van der Waals surface area contributed by atoms with E-state index in [2.05, 4.69) is 31.9 Å². The highest BCUT2D eigenvalue weighted by Gasteiger charge is 2.14. The van der Waals surface area contributed by atoms with Crippen molar-refractivity contribution in [1.82, 2.24) is 0 Å². The van der Waals surface area contributed by atoms with Crippen LogP contribution in [0.1, 0.15) is 15.9 Å². The molecule has 2 nitrogen and oxygen atoms in total. The smallest absolute Gasteiger partial charge is 0.199 e. The number of Topliss-reactive ketones (excluding diaryl/α,β-unsaturated/α-hetero) is 1. The van der Waals surface area contributed by atoms with Gasteiger partial charge in [-0.15, -0.1) is 0 Å². The highest BCUT2D eigenvalue weighted by atomic mass is 79.9. The van der Waals surface area contributed by atoms with E-state index in [-0.39, 0.29) is 5.78 Å². The molecule has 0 aliphatic heterocycles. The standard InChI is InChI=1S/C22H16Br2O2S/c1-26-19-10-2-15(3-11-19)14-21(27-20-12-8-18(24)9-13-20)22(25)16-4-6-17(23)7-5-16/h2-14H,1H3. The fourth-order valence-electron chi connectivity index (χ4n) is 2.37. The maximum absolute atomic E-state index is 13.1. The minimum absolute atomic E-state index is 0.00811. The predicted octanol–water partition coefficient (Wildman–Crippen LogP) is 7.24. The highest BCUT2D eigenvalue weighted by molar-refractivity contribution is 9.10. The second-order valence-electron chi connectivity index (χ2n) is 5.67. The second kappa shape index (κ2) is 9.40. The van der Waals surface area contributed by atoms with Crippen LogP contribution in [0.3, 0.4) is 0 Å². The number of allylic oxidation sites excluding steroid dienone is 1. The van der Waals surface area contributed by atoms with Crippen LogP contribution in [0, 0.1) is 0 Å². The van der Waals surface area contributed by atoms with Crippen molar-refractivity contribution in [2.24, 2.45) is 0 Å². The maximum Gasteiger partial charge on any atom is 0.199 e. The lowest BCUT2D eigenvalue weighted by atomic mass is 10.1. The van der Waals surface area contributed by atoms with Crippen LogP contribution in [0.4, 0.5) is 0 Å². The Kier molecular flexibility index (Phi) is 6.94. The van der Waals surface area contributed by atoms with E-state index >= 15 is 0 Å². The van der Waals surface area contributed by atoms with Gasteiger partial charge in [-0.25, -0.2) is 0 Å². The van der Waals surface area contributed by atoms with Crippen LogP contribution < -0.4 is 4.74 Å². The fraction of sp³-hybridized carbons (Fsp3) is 0.0455. The van der Waals surface area contributed by atoms with E-state index in [0.717, 1.165) is 25.2 Å². The van der Waals surface area contributed by atoms with Crippen LogP contribution in [-0.2, 0) is 0 Å². The van der Waals surface area contributed by atoms with Gasteiger partial charge in [0.2, 0.25) is 0 Å². The van der Waals surface area contributed by atoms with Crippen molar-refractivity contribution in [3.05, 3.63) is 97.8 Å². The molecule has 5 heteroatoms. The zero-order valence-corrected chi connectivity index (χ0v) is 18.5. The molecule has 0 saturated carbocycles. The molecule has 0 atom stereocenters. The third kappa shape index (κ3) is 5.58. The fourth-order valence-corrected chi connectivity index (χ4v) is 3.83. The van der Waals surface area contributed by atoms with Gasteiger partial charge < -0.3 is 4.74 Å². The molecule has 0 bridgehead atoms. The Labute approximate surface area is 179 Å². The van der Waals surface area contributed by atoms with Crippen molar-refractivity contribution in [2.75, 3.05) is 7.11 Å². The van der Waals surface area contributed by atoms with Gasteiger partial charge in [0.15, 0.2) is 5.78 Å². The summed E-state index contributed by atoms with van der Waals surface area (Å²) >= 11 is 8.31. The number of thioether (sulfide) groups is 1. The summed E-state index contributed by atoms with van der Waals surface area (Å²) in [6.07, 6.45) is 1.91. The van der Waals surface area contributed by atoms with Gasteiger partial charge in [0.25, 0.3) is 0 Å². The first-order chi connectivity index (χ1) is 13.0. The van der Waals surface area contributed by atoms with E-state index in [1.807, 2.05) is 78.9 Å². The number of hydrogen-bond donors (Lipinski definition) is 0. The molecule has 0 unspecified atom stereocenters. The number of halogens is 2. The molecule has 0 radical (unpaired) electrons. The number of ketones is 1. The molecule has 3 aromatic carbocycles. The largest absolute Gasteiger partial charge is 0.497 e. The molecule has 0 aliphatic carbocycles. The van der Waals surface area contributed by atoms with Crippen molar-refractivity contribution >= 4 is 55.5 Å². The topological polar surface area (TPSA) is 26.3 Å². The van der Waals surface area contributed by atoms with E-state index in [1.54, 1.807) is 7.11 Å². The first-order valence-corrected chi connectivity index (χ1v) is 10.5. The third-order valence-corrected chi connectivity index (χ3v) is 5.87. The Hall–Kier alpha value is -1.82. The SMILES string of the molecule is COc1ccc(C=C(Sc2ccc(Br)cc2)C(=O)c2ccc(Br)cc2)cc1. The molecule has 3 rings (SSSR count). The molecule has 0 fully saturated rings. The number of carbonyl (C=O) groups is 1.